The van der Waals surface area contributed by atoms with Gasteiger partial charge in [-0.15, -0.1) is 0 Å². The third-order valence-corrected chi connectivity index (χ3v) is 13.4. The molecule has 3 fully saturated rings. The number of carbonyl (C=O) groups is 5. The van der Waals surface area contributed by atoms with Crippen LogP contribution in [0.2, 0.25) is 0 Å². The van der Waals surface area contributed by atoms with Gasteiger partial charge < -0.3 is 29.7 Å². The highest BCUT2D eigenvalue weighted by atomic mass is 32.2. The van der Waals surface area contributed by atoms with Gasteiger partial charge in [-0.3, -0.25) is 24.0 Å². The number of amides is 5. The van der Waals surface area contributed by atoms with Crippen LogP contribution in [0.15, 0.2) is 18.2 Å². The Morgan fingerprint density at radius 3 is 2.45 bits per heavy atom. The Kier molecular flexibility index (Phi) is 11.4. The molecule has 0 aromatic heterocycles. The summed E-state index contributed by atoms with van der Waals surface area (Å²) in [5, 5.41) is 4.94. The van der Waals surface area contributed by atoms with Crippen molar-refractivity contribution in [2.24, 2.45) is 16.7 Å². The molecule has 1 aromatic carbocycles. The number of alkyl carbamates (subject to hydrolysis) is 1. The van der Waals surface area contributed by atoms with Gasteiger partial charge in [0, 0.05) is 18.5 Å². The minimum Gasteiger partial charge on any atom is -0.493 e. The summed E-state index contributed by atoms with van der Waals surface area (Å²) >= 11 is 0. The second-order valence-corrected chi connectivity index (χ2v) is 19.7. The van der Waals surface area contributed by atoms with Crippen molar-refractivity contribution in [2.75, 3.05) is 19.8 Å². The number of ether oxygens (including phenoxy) is 3. The molecule has 1 unspecified atom stereocenters. The molecule has 3 aliphatic heterocycles. The molecule has 4 bridgehead atoms. The van der Waals surface area contributed by atoms with Crippen molar-refractivity contribution in [3.8, 4) is 5.75 Å². The van der Waals surface area contributed by atoms with Crippen LogP contribution in [0, 0.1) is 16.7 Å². The number of fused-ring (bicyclic) bond motifs is 3. The maximum Gasteiger partial charge on any atom is 0.410 e. The lowest BCUT2D eigenvalue weighted by Gasteiger charge is -2.35. The zero-order valence-electron chi connectivity index (χ0n) is 32.9. The molecule has 15 nitrogen and oxygen atoms in total. The predicted octanol–water partition coefficient (Wildman–Crippen LogP) is 4.12. The molecule has 1 saturated heterocycles. The lowest BCUT2D eigenvalue weighted by Crippen LogP contribution is -2.60. The highest BCUT2D eigenvalue weighted by Gasteiger charge is 2.62. The van der Waals surface area contributed by atoms with Crippen molar-refractivity contribution in [1.82, 2.24) is 25.2 Å². The van der Waals surface area contributed by atoms with E-state index in [1.165, 1.54) is 4.90 Å². The highest BCUT2D eigenvalue weighted by molar-refractivity contribution is 7.91. The lowest BCUT2D eigenvalue weighted by atomic mass is 9.85. The molecule has 2 saturated carbocycles. The summed E-state index contributed by atoms with van der Waals surface area (Å²) in [5.41, 5.74) is -0.780. The Balaban J connectivity index is 1.27. The molecule has 3 N–H and O–H groups in total. The number of carbonyl (C=O) groups excluding carboxylic acids is 5. The lowest BCUT2D eigenvalue weighted by molar-refractivity contribution is -0.143. The van der Waals surface area contributed by atoms with E-state index in [1.807, 2.05) is 39.0 Å². The predicted molar refractivity (Wildman–Crippen MR) is 201 cm³/mol. The van der Waals surface area contributed by atoms with Crippen LogP contribution in [0.5, 0.6) is 5.75 Å². The summed E-state index contributed by atoms with van der Waals surface area (Å²) in [6, 6.07) is 3.40. The Morgan fingerprint density at radius 2 is 1.78 bits per heavy atom. The van der Waals surface area contributed by atoms with Crippen LogP contribution in [0.4, 0.5) is 9.59 Å². The number of cyclic esters (lactones) is 1. The van der Waals surface area contributed by atoms with Crippen LogP contribution >= 0.6 is 0 Å². The molecule has 5 atom stereocenters. The first-order valence-corrected chi connectivity index (χ1v) is 21.2. The quantitative estimate of drug-likeness (QED) is 0.378. The Hall–Kier alpha value is -4.08. The molecule has 55 heavy (non-hydrogen) atoms. The van der Waals surface area contributed by atoms with Crippen LogP contribution < -0.4 is 20.1 Å². The number of hydrogen-bond donors (Lipinski definition) is 3. The summed E-state index contributed by atoms with van der Waals surface area (Å²) in [6.07, 6.45) is 2.74. The summed E-state index contributed by atoms with van der Waals surface area (Å²) in [6.45, 7) is 12.3. The zero-order chi connectivity index (χ0) is 39.9. The van der Waals surface area contributed by atoms with E-state index in [1.54, 1.807) is 25.7 Å². The van der Waals surface area contributed by atoms with Crippen molar-refractivity contribution in [1.29, 1.82) is 0 Å². The first kappa shape index (κ1) is 40.6. The minimum atomic E-state index is -3.89. The second-order valence-electron chi connectivity index (χ2n) is 17.8. The number of nitrogens with zero attached hydrogens (tertiary/aromatic N) is 2. The fourth-order valence-electron chi connectivity index (χ4n) is 7.91. The van der Waals surface area contributed by atoms with Gasteiger partial charge in [-0.05, 0) is 60.5 Å². The largest absolute Gasteiger partial charge is 0.493 e. The normalized spacial score (nSPS) is 29.1. The first-order chi connectivity index (χ1) is 25.8. The molecule has 3 heterocycles. The molecule has 5 amide bonds. The summed E-state index contributed by atoms with van der Waals surface area (Å²) in [4.78, 5) is 72.2. The molecule has 304 valence electrons. The molecular formula is C39H57N5O10S. The Morgan fingerprint density at radius 1 is 1.04 bits per heavy atom. The van der Waals surface area contributed by atoms with Gasteiger partial charge in [-0.25, -0.2) is 18.0 Å². The van der Waals surface area contributed by atoms with E-state index in [2.05, 4.69) is 15.4 Å². The number of rotatable bonds is 6. The standard InChI is InChI=1S/C39H57N5O10S/c1-7-25-19-39(25,34(47)42-55(50,51)27-14-15-27)41-32(45)29-18-26-21-44(29)33(46)31(37(2,3)4)40-35(48)53-23-38(5,6)16-9-8-10-17-52-30-13-11-12-24-20-43(22-28(24)30)36(49)54-26/h11-13,25-27,29,31H,7-10,14-23H2,1-6H3,(H,40,48)(H,41,45)(H,42,47)/t25-,26+,29?,31+,39-/m0/s1. The summed E-state index contributed by atoms with van der Waals surface area (Å²) in [7, 11) is -3.89. The van der Waals surface area contributed by atoms with Gasteiger partial charge in [0.05, 0.1) is 31.6 Å². The fourth-order valence-corrected chi connectivity index (χ4v) is 9.28. The van der Waals surface area contributed by atoms with Gasteiger partial charge in [-0.2, -0.15) is 0 Å². The van der Waals surface area contributed by atoms with Gasteiger partial charge in [0.25, 0.3) is 5.91 Å². The zero-order valence-corrected chi connectivity index (χ0v) is 33.7. The molecule has 16 heteroatoms. The molecule has 2 aliphatic carbocycles. The number of benzene rings is 1. The maximum absolute atomic E-state index is 14.6. The highest BCUT2D eigenvalue weighted by Crippen LogP contribution is 2.47. The van der Waals surface area contributed by atoms with Crippen molar-refractivity contribution < 1.29 is 46.6 Å². The van der Waals surface area contributed by atoms with Crippen LogP contribution in [-0.2, 0) is 47.0 Å². The second kappa shape index (κ2) is 15.5. The van der Waals surface area contributed by atoms with Crippen molar-refractivity contribution in [3.05, 3.63) is 29.3 Å². The Bertz CT molecular complexity index is 1790. The molecule has 1 aromatic rings. The van der Waals surface area contributed by atoms with Gasteiger partial charge >= 0.3 is 12.2 Å². The van der Waals surface area contributed by atoms with E-state index in [0.29, 0.717) is 38.2 Å². The van der Waals surface area contributed by atoms with E-state index in [0.717, 1.165) is 36.8 Å². The van der Waals surface area contributed by atoms with Crippen molar-refractivity contribution in [2.45, 2.75) is 141 Å². The van der Waals surface area contributed by atoms with Gasteiger partial charge in [0.2, 0.25) is 21.8 Å². The van der Waals surface area contributed by atoms with E-state index in [4.69, 9.17) is 14.2 Å². The van der Waals surface area contributed by atoms with Crippen LogP contribution in [0.25, 0.3) is 0 Å². The summed E-state index contributed by atoms with van der Waals surface area (Å²) in [5.74, 6) is -1.67. The molecule has 6 rings (SSSR count). The molecular weight excluding hydrogens is 731 g/mol. The third kappa shape index (κ3) is 9.15. The van der Waals surface area contributed by atoms with Crippen LogP contribution in [0.1, 0.15) is 110 Å². The Labute approximate surface area is 324 Å². The van der Waals surface area contributed by atoms with Crippen LogP contribution in [-0.4, -0.2) is 96.9 Å². The SMILES string of the molecule is CC[C@H]1C[C@@]1(NC(=O)C1C[C@@H]2CN1C(=O)[C@H](C(C)(C)C)NC(=O)OCC(C)(C)CCCCCOc1cccc3c1CN(C3)C(=O)O2)C(=O)NS(=O)(=O)C1CC1. The average Bonchev–Trinajstić information content (AvgIpc) is 4.00. The van der Waals surface area contributed by atoms with Gasteiger partial charge in [0.15, 0.2) is 0 Å². The number of nitrogens with one attached hydrogen (secondary N) is 3. The van der Waals surface area contributed by atoms with Gasteiger partial charge in [0.1, 0.15) is 29.5 Å². The molecule has 0 spiro atoms. The topological polar surface area (TPSA) is 190 Å². The fraction of sp³-hybridized carbons (Fsp3) is 0.718. The molecule has 0 radical (unpaired) electrons. The first-order valence-electron chi connectivity index (χ1n) is 19.6. The van der Waals surface area contributed by atoms with Crippen LogP contribution in [0.3, 0.4) is 0 Å². The van der Waals surface area contributed by atoms with Crippen molar-refractivity contribution in [3.63, 3.8) is 0 Å². The minimum absolute atomic E-state index is 0.0805. The number of hydrogen-bond acceptors (Lipinski definition) is 10. The smallest absolute Gasteiger partial charge is 0.410 e. The third-order valence-electron chi connectivity index (χ3n) is 11.6. The average molecular weight is 788 g/mol. The van der Waals surface area contributed by atoms with E-state index >= 15 is 0 Å². The van der Waals surface area contributed by atoms with Crippen molar-refractivity contribution >= 4 is 39.9 Å². The van der Waals surface area contributed by atoms with E-state index < -0.39 is 74.3 Å². The number of sulfonamides is 1. The van der Waals surface area contributed by atoms with Gasteiger partial charge in [-0.1, -0.05) is 72.9 Å². The van der Waals surface area contributed by atoms with E-state index in [-0.39, 0.29) is 43.9 Å². The maximum atomic E-state index is 14.6. The van der Waals surface area contributed by atoms with E-state index in [9.17, 15) is 32.4 Å². The summed E-state index contributed by atoms with van der Waals surface area (Å²) < 4.78 is 45.5. The monoisotopic (exact) mass is 787 g/mol. The molecule has 5 aliphatic rings.